The van der Waals surface area contributed by atoms with E-state index in [4.69, 9.17) is 0 Å². The van der Waals surface area contributed by atoms with Gasteiger partial charge in [-0.15, -0.1) is 11.8 Å². The SMILES string of the molecule is Cc1c(C(=O)N2CCN(C(=O)C3CSCN3)CC2)c2ccccc2n1C. The third kappa shape index (κ3) is 2.89. The molecule has 0 saturated carbocycles. The van der Waals surface area contributed by atoms with Crippen LogP contribution in [0.25, 0.3) is 10.9 Å². The molecule has 0 radical (unpaired) electrons. The van der Waals surface area contributed by atoms with Gasteiger partial charge >= 0.3 is 0 Å². The molecule has 1 aromatic carbocycles. The van der Waals surface area contributed by atoms with Crippen LogP contribution in [0, 0.1) is 6.92 Å². The molecule has 0 spiro atoms. The zero-order chi connectivity index (χ0) is 18.3. The zero-order valence-corrected chi connectivity index (χ0v) is 16.0. The minimum absolute atomic E-state index is 0.0671. The van der Waals surface area contributed by atoms with Crippen molar-refractivity contribution in [3.63, 3.8) is 0 Å². The van der Waals surface area contributed by atoms with E-state index in [2.05, 4.69) is 9.88 Å². The molecule has 2 aliphatic rings. The molecule has 2 fully saturated rings. The number of aromatic nitrogens is 1. The van der Waals surface area contributed by atoms with Crippen molar-refractivity contribution in [1.82, 2.24) is 19.7 Å². The van der Waals surface area contributed by atoms with E-state index in [1.54, 1.807) is 11.8 Å². The smallest absolute Gasteiger partial charge is 0.256 e. The minimum Gasteiger partial charge on any atom is -0.347 e. The van der Waals surface area contributed by atoms with Crippen molar-refractivity contribution in [2.24, 2.45) is 7.05 Å². The Morgan fingerprint density at radius 1 is 1.12 bits per heavy atom. The normalized spacial score (nSPS) is 20.8. The van der Waals surface area contributed by atoms with Gasteiger partial charge < -0.3 is 14.4 Å². The van der Waals surface area contributed by atoms with E-state index in [1.165, 1.54) is 0 Å². The van der Waals surface area contributed by atoms with E-state index in [9.17, 15) is 9.59 Å². The zero-order valence-electron chi connectivity index (χ0n) is 15.2. The number of benzene rings is 1. The minimum atomic E-state index is -0.0671. The molecular weight excluding hydrogens is 348 g/mol. The highest BCUT2D eigenvalue weighted by Gasteiger charge is 2.32. The van der Waals surface area contributed by atoms with Crippen molar-refractivity contribution in [3.05, 3.63) is 35.5 Å². The summed E-state index contributed by atoms with van der Waals surface area (Å²) in [7, 11) is 2.00. The van der Waals surface area contributed by atoms with E-state index in [-0.39, 0.29) is 17.9 Å². The number of aryl methyl sites for hydroxylation is 1. The average Bonchev–Trinajstić information content (AvgIpc) is 3.29. The number of fused-ring (bicyclic) bond motifs is 1. The predicted octanol–water partition coefficient (Wildman–Crippen LogP) is 1.43. The molecule has 1 atom stereocenters. The highest BCUT2D eigenvalue weighted by molar-refractivity contribution is 7.99. The molecule has 2 amide bonds. The molecule has 3 heterocycles. The Balaban J connectivity index is 1.49. The van der Waals surface area contributed by atoms with Gasteiger partial charge in [-0.3, -0.25) is 14.9 Å². The summed E-state index contributed by atoms with van der Waals surface area (Å²) in [6.45, 7) is 4.39. The van der Waals surface area contributed by atoms with Gasteiger partial charge in [-0.05, 0) is 13.0 Å². The fraction of sp³-hybridized carbons (Fsp3) is 0.474. The van der Waals surface area contributed by atoms with Crippen LogP contribution in [-0.4, -0.2) is 70.0 Å². The summed E-state index contributed by atoms with van der Waals surface area (Å²) in [4.78, 5) is 29.5. The number of thioether (sulfide) groups is 1. The van der Waals surface area contributed by atoms with Gasteiger partial charge in [0.1, 0.15) is 0 Å². The van der Waals surface area contributed by atoms with Gasteiger partial charge in [-0.2, -0.15) is 0 Å². The number of nitrogens with one attached hydrogen (secondary N) is 1. The molecule has 7 heteroatoms. The number of piperazine rings is 1. The van der Waals surface area contributed by atoms with Crippen LogP contribution in [0.3, 0.4) is 0 Å². The summed E-state index contributed by atoms with van der Waals surface area (Å²) in [6.07, 6.45) is 0. The summed E-state index contributed by atoms with van der Waals surface area (Å²) in [6, 6.07) is 7.96. The lowest BCUT2D eigenvalue weighted by molar-refractivity contribution is -0.134. The summed E-state index contributed by atoms with van der Waals surface area (Å²) >= 11 is 1.76. The molecule has 1 aromatic heterocycles. The van der Waals surface area contributed by atoms with Crippen molar-refractivity contribution >= 4 is 34.5 Å². The average molecular weight is 372 g/mol. The van der Waals surface area contributed by atoms with Crippen LogP contribution < -0.4 is 5.32 Å². The number of amides is 2. The Hall–Kier alpha value is -1.99. The molecule has 2 aromatic rings. The van der Waals surface area contributed by atoms with E-state index in [0.29, 0.717) is 26.2 Å². The standard InChI is InChI=1S/C19H24N4O2S/c1-13-17(14-5-3-4-6-16(14)21(13)2)19(25)23-9-7-22(8-10-23)18(24)15-11-26-12-20-15/h3-6,15,20H,7-12H2,1-2H3. The molecule has 2 saturated heterocycles. The highest BCUT2D eigenvalue weighted by Crippen LogP contribution is 2.26. The second-order valence-electron chi connectivity index (χ2n) is 6.93. The Labute approximate surface area is 157 Å². The van der Waals surface area contributed by atoms with Crippen molar-refractivity contribution in [1.29, 1.82) is 0 Å². The second kappa shape index (κ2) is 6.96. The lowest BCUT2D eigenvalue weighted by atomic mass is 10.1. The van der Waals surface area contributed by atoms with Crippen LogP contribution in [0.2, 0.25) is 0 Å². The van der Waals surface area contributed by atoms with Crippen molar-refractivity contribution in [2.45, 2.75) is 13.0 Å². The Morgan fingerprint density at radius 2 is 1.81 bits per heavy atom. The van der Waals surface area contributed by atoms with Crippen molar-refractivity contribution in [2.75, 3.05) is 37.8 Å². The fourth-order valence-corrected chi connectivity index (χ4v) is 4.79. The van der Waals surface area contributed by atoms with Gasteiger partial charge in [0.25, 0.3) is 5.91 Å². The molecule has 2 aliphatic heterocycles. The Morgan fingerprint density at radius 3 is 2.50 bits per heavy atom. The number of hydrogen-bond donors (Lipinski definition) is 1. The predicted molar refractivity (Wildman–Crippen MR) is 104 cm³/mol. The third-order valence-electron chi connectivity index (χ3n) is 5.51. The summed E-state index contributed by atoms with van der Waals surface area (Å²) < 4.78 is 2.08. The molecule has 4 rings (SSSR count). The van der Waals surface area contributed by atoms with Crippen molar-refractivity contribution in [3.8, 4) is 0 Å². The maximum absolute atomic E-state index is 13.2. The molecule has 1 unspecified atom stereocenters. The quantitative estimate of drug-likeness (QED) is 0.867. The van der Waals surface area contributed by atoms with Crippen LogP contribution in [0.5, 0.6) is 0 Å². The van der Waals surface area contributed by atoms with Gasteiger partial charge in [0.15, 0.2) is 0 Å². The largest absolute Gasteiger partial charge is 0.347 e. The Kier molecular flexibility index (Phi) is 4.67. The first-order valence-electron chi connectivity index (χ1n) is 9.01. The van der Waals surface area contributed by atoms with Gasteiger partial charge in [0.2, 0.25) is 5.91 Å². The van der Waals surface area contributed by atoms with Gasteiger partial charge in [-0.25, -0.2) is 0 Å². The van der Waals surface area contributed by atoms with Gasteiger partial charge in [0.05, 0.1) is 11.6 Å². The maximum atomic E-state index is 13.2. The Bertz CT molecular complexity index is 849. The van der Waals surface area contributed by atoms with Crippen LogP contribution in [0.15, 0.2) is 24.3 Å². The van der Waals surface area contributed by atoms with Crippen LogP contribution in [-0.2, 0) is 11.8 Å². The number of hydrogen-bond acceptors (Lipinski definition) is 4. The lowest BCUT2D eigenvalue weighted by Crippen LogP contribution is -2.54. The highest BCUT2D eigenvalue weighted by atomic mass is 32.2. The van der Waals surface area contributed by atoms with E-state index in [1.807, 2.05) is 48.0 Å². The van der Waals surface area contributed by atoms with Crippen LogP contribution >= 0.6 is 11.8 Å². The monoisotopic (exact) mass is 372 g/mol. The number of para-hydroxylation sites is 1. The summed E-state index contributed by atoms with van der Waals surface area (Å²) in [5.41, 5.74) is 2.85. The van der Waals surface area contributed by atoms with E-state index in [0.717, 1.165) is 33.8 Å². The molecule has 0 bridgehead atoms. The van der Waals surface area contributed by atoms with Gasteiger partial charge in [-0.1, -0.05) is 18.2 Å². The van der Waals surface area contributed by atoms with Crippen LogP contribution in [0.1, 0.15) is 16.1 Å². The molecule has 1 N–H and O–H groups in total. The molecular formula is C19H24N4O2S. The number of rotatable bonds is 2. The fourth-order valence-electron chi connectivity index (χ4n) is 3.85. The summed E-state index contributed by atoms with van der Waals surface area (Å²) in [5.74, 6) is 1.92. The first-order chi connectivity index (χ1) is 12.6. The van der Waals surface area contributed by atoms with Gasteiger partial charge in [0, 0.05) is 61.5 Å². The topological polar surface area (TPSA) is 57.6 Å². The van der Waals surface area contributed by atoms with E-state index < -0.39 is 0 Å². The first-order valence-corrected chi connectivity index (χ1v) is 10.2. The lowest BCUT2D eigenvalue weighted by Gasteiger charge is -2.36. The number of carbonyl (C=O) groups is 2. The van der Waals surface area contributed by atoms with E-state index >= 15 is 0 Å². The number of carbonyl (C=O) groups excluding carboxylic acids is 2. The number of nitrogens with zero attached hydrogens (tertiary/aromatic N) is 3. The molecule has 0 aliphatic carbocycles. The van der Waals surface area contributed by atoms with Crippen LogP contribution in [0.4, 0.5) is 0 Å². The molecule has 138 valence electrons. The first kappa shape index (κ1) is 17.4. The second-order valence-corrected chi connectivity index (χ2v) is 7.96. The summed E-state index contributed by atoms with van der Waals surface area (Å²) in [5, 5.41) is 4.24. The third-order valence-corrected chi connectivity index (χ3v) is 6.45. The molecule has 26 heavy (non-hydrogen) atoms. The maximum Gasteiger partial charge on any atom is 0.256 e. The van der Waals surface area contributed by atoms with Crippen molar-refractivity contribution < 1.29 is 9.59 Å². The molecule has 6 nitrogen and oxygen atoms in total.